The molecule has 0 unspecified atom stereocenters. The Bertz CT molecular complexity index is 383. The highest BCUT2D eigenvalue weighted by Crippen LogP contribution is 2.43. The molecule has 0 radical (unpaired) electrons. The largest absolute Gasteiger partial charge is 0.342 e. The lowest BCUT2D eigenvalue weighted by Gasteiger charge is -2.47. The molecule has 19 heavy (non-hydrogen) atoms. The number of carbonyl (C=O) groups excluding carboxylic acids is 2. The maximum atomic E-state index is 12.5. The smallest absolute Gasteiger partial charge is 0.247 e. The van der Waals surface area contributed by atoms with E-state index in [0.717, 1.165) is 19.3 Å². The number of nitrogens with two attached hydrogens (primary N) is 1. The summed E-state index contributed by atoms with van der Waals surface area (Å²) in [6.07, 6.45) is 3.73. The Hall–Kier alpha value is -1.10. The number of nitrogens with zero attached hydrogens (tertiary/aromatic N) is 2. The molecule has 2 fully saturated rings. The van der Waals surface area contributed by atoms with E-state index in [1.165, 1.54) is 0 Å². The fourth-order valence-electron chi connectivity index (χ4n) is 3.20. The lowest BCUT2D eigenvalue weighted by molar-refractivity contribution is -0.159. The summed E-state index contributed by atoms with van der Waals surface area (Å²) in [5.41, 5.74) is 5.08. The molecule has 2 rings (SSSR count). The van der Waals surface area contributed by atoms with Crippen molar-refractivity contribution in [1.29, 1.82) is 0 Å². The van der Waals surface area contributed by atoms with E-state index < -0.39 is 5.54 Å². The Balaban J connectivity index is 2.08. The summed E-state index contributed by atoms with van der Waals surface area (Å²) in [7, 11) is 1.79. The lowest BCUT2D eigenvalue weighted by atomic mass is 9.66. The fourth-order valence-corrected chi connectivity index (χ4v) is 3.20. The molecule has 1 saturated heterocycles. The third-order valence-electron chi connectivity index (χ3n) is 4.88. The molecule has 2 N–H and O–H groups in total. The lowest BCUT2D eigenvalue weighted by Crippen LogP contribution is -2.64. The molecule has 108 valence electrons. The highest BCUT2D eigenvalue weighted by molar-refractivity contribution is 5.92. The molecule has 5 nitrogen and oxygen atoms in total. The maximum Gasteiger partial charge on any atom is 0.247 e. The first-order valence-electron chi connectivity index (χ1n) is 7.08. The second kappa shape index (κ2) is 4.78. The average molecular weight is 267 g/mol. The van der Waals surface area contributed by atoms with Gasteiger partial charge in [0, 0.05) is 26.6 Å². The van der Waals surface area contributed by atoms with E-state index in [9.17, 15) is 9.59 Å². The van der Waals surface area contributed by atoms with Crippen LogP contribution in [-0.2, 0) is 9.59 Å². The van der Waals surface area contributed by atoms with Crippen molar-refractivity contribution in [2.24, 2.45) is 11.1 Å². The van der Waals surface area contributed by atoms with E-state index in [-0.39, 0.29) is 17.2 Å². The van der Waals surface area contributed by atoms with Crippen molar-refractivity contribution in [1.82, 2.24) is 9.80 Å². The van der Waals surface area contributed by atoms with Crippen molar-refractivity contribution in [3.05, 3.63) is 0 Å². The molecule has 0 atom stereocenters. The molecular formula is C14H25N3O2. The van der Waals surface area contributed by atoms with Gasteiger partial charge in [-0.3, -0.25) is 9.59 Å². The number of piperazine rings is 1. The van der Waals surface area contributed by atoms with Crippen LogP contribution in [0.5, 0.6) is 0 Å². The second-order valence-electron chi connectivity index (χ2n) is 6.57. The number of hydrogen-bond donors (Lipinski definition) is 1. The van der Waals surface area contributed by atoms with Crippen LogP contribution >= 0.6 is 0 Å². The third-order valence-corrected chi connectivity index (χ3v) is 4.88. The molecule has 1 heterocycles. The van der Waals surface area contributed by atoms with Gasteiger partial charge in [0.2, 0.25) is 11.8 Å². The molecule has 0 aromatic carbocycles. The molecule has 0 aromatic heterocycles. The van der Waals surface area contributed by atoms with E-state index in [2.05, 4.69) is 0 Å². The van der Waals surface area contributed by atoms with Crippen LogP contribution < -0.4 is 5.73 Å². The van der Waals surface area contributed by atoms with Crippen LogP contribution in [0.15, 0.2) is 0 Å². The number of rotatable bonds is 3. The Morgan fingerprint density at radius 1 is 1.32 bits per heavy atom. The second-order valence-corrected chi connectivity index (χ2v) is 6.57. The van der Waals surface area contributed by atoms with Crippen LogP contribution in [0.1, 0.15) is 39.5 Å². The standard InChI is InChI=1S/C14H25N3O2/c1-13(2)12(19)16(3)7-8-17(13)11(18)9-14(10-15)5-4-6-14/h4-10,15H2,1-3H3. The summed E-state index contributed by atoms with van der Waals surface area (Å²) >= 11 is 0. The summed E-state index contributed by atoms with van der Waals surface area (Å²) in [4.78, 5) is 28.2. The van der Waals surface area contributed by atoms with E-state index in [0.29, 0.717) is 26.1 Å². The third kappa shape index (κ3) is 2.36. The summed E-state index contributed by atoms with van der Waals surface area (Å²) in [5.74, 6) is 0.0964. The maximum absolute atomic E-state index is 12.5. The van der Waals surface area contributed by atoms with Gasteiger partial charge in [-0.1, -0.05) is 6.42 Å². The van der Waals surface area contributed by atoms with E-state index in [1.807, 2.05) is 13.8 Å². The predicted octanol–water partition coefficient (Wildman–Crippen LogP) is 0.585. The van der Waals surface area contributed by atoms with Gasteiger partial charge < -0.3 is 15.5 Å². The first-order chi connectivity index (χ1) is 8.82. The van der Waals surface area contributed by atoms with Gasteiger partial charge in [0.15, 0.2) is 0 Å². The van der Waals surface area contributed by atoms with E-state index >= 15 is 0 Å². The van der Waals surface area contributed by atoms with Crippen molar-refractivity contribution >= 4 is 11.8 Å². The Morgan fingerprint density at radius 2 is 1.95 bits per heavy atom. The number of carbonyl (C=O) groups is 2. The zero-order valence-electron chi connectivity index (χ0n) is 12.2. The molecular weight excluding hydrogens is 242 g/mol. The highest BCUT2D eigenvalue weighted by Gasteiger charge is 2.46. The van der Waals surface area contributed by atoms with Crippen molar-refractivity contribution in [2.45, 2.75) is 45.1 Å². The number of likely N-dealkylation sites (N-methyl/N-ethyl adjacent to an activating group) is 1. The zero-order chi connectivity index (χ0) is 14.3. The number of hydrogen-bond acceptors (Lipinski definition) is 3. The molecule has 0 aromatic rings. The van der Waals surface area contributed by atoms with Crippen molar-refractivity contribution < 1.29 is 9.59 Å². The molecule has 2 amide bonds. The van der Waals surface area contributed by atoms with Gasteiger partial charge >= 0.3 is 0 Å². The Morgan fingerprint density at radius 3 is 2.42 bits per heavy atom. The molecule has 5 heteroatoms. The molecule has 0 bridgehead atoms. The molecule has 2 aliphatic rings. The minimum Gasteiger partial charge on any atom is -0.342 e. The van der Waals surface area contributed by atoms with Crippen LogP contribution in [0.3, 0.4) is 0 Å². The minimum absolute atomic E-state index is 0.000437. The van der Waals surface area contributed by atoms with Crippen LogP contribution in [0, 0.1) is 5.41 Å². The van der Waals surface area contributed by atoms with Gasteiger partial charge in [0.1, 0.15) is 5.54 Å². The molecule has 1 aliphatic heterocycles. The molecule has 1 aliphatic carbocycles. The van der Waals surface area contributed by atoms with E-state index in [4.69, 9.17) is 5.73 Å². The topological polar surface area (TPSA) is 66.6 Å². The van der Waals surface area contributed by atoms with Crippen LogP contribution in [0.4, 0.5) is 0 Å². The Kier molecular flexibility index (Phi) is 3.60. The SMILES string of the molecule is CN1CCN(C(=O)CC2(CN)CCC2)C(C)(C)C1=O. The van der Waals surface area contributed by atoms with Crippen molar-refractivity contribution in [3.63, 3.8) is 0 Å². The zero-order valence-corrected chi connectivity index (χ0v) is 12.2. The van der Waals surface area contributed by atoms with Crippen molar-refractivity contribution in [3.8, 4) is 0 Å². The first-order valence-corrected chi connectivity index (χ1v) is 7.08. The van der Waals surface area contributed by atoms with Crippen LogP contribution in [-0.4, -0.2) is 53.8 Å². The van der Waals surface area contributed by atoms with Gasteiger partial charge in [0.25, 0.3) is 0 Å². The first kappa shape index (κ1) is 14.3. The molecule has 1 saturated carbocycles. The van der Waals surface area contributed by atoms with Gasteiger partial charge in [-0.15, -0.1) is 0 Å². The summed E-state index contributed by atoms with van der Waals surface area (Å²) in [5, 5.41) is 0. The summed E-state index contributed by atoms with van der Waals surface area (Å²) < 4.78 is 0. The van der Waals surface area contributed by atoms with Crippen LogP contribution in [0.25, 0.3) is 0 Å². The highest BCUT2D eigenvalue weighted by atomic mass is 16.2. The van der Waals surface area contributed by atoms with Crippen LogP contribution in [0.2, 0.25) is 0 Å². The quantitative estimate of drug-likeness (QED) is 0.813. The normalized spacial score (nSPS) is 25.2. The van der Waals surface area contributed by atoms with Gasteiger partial charge in [0.05, 0.1) is 0 Å². The number of amides is 2. The van der Waals surface area contributed by atoms with Gasteiger partial charge in [-0.25, -0.2) is 0 Å². The average Bonchev–Trinajstić information content (AvgIpc) is 2.30. The Labute approximate surface area is 115 Å². The molecule has 0 spiro atoms. The summed E-state index contributed by atoms with van der Waals surface area (Å²) in [6.45, 7) is 5.47. The summed E-state index contributed by atoms with van der Waals surface area (Å²) in [6, 6.07) is 0. The monoisotopic (exact) mass is 267 g/mol. The van der Waals surface area contributed by atoms with Gasteiger partial charge in [-0.2, -0.15) is 0 Å². The van der Waals surface area contributed by atoms with E-state index in [1.54, 1.807) is 16.8 Å². The fraction of sp³-hybridized carbons (Fsp3) is 0.857. The predicted molar refractivity (Wildman–Crippen MR) is 73.4 cm³/mol. The minimum atomic E-state index is -0.733. The van der Waals surface area contributed by atoms with Crippen molar-refractivity contribution in [2.75, 3.05) is 26.7 Å². The van der Waals surface area contributed by atoms with Gasteiger partial charge in [-0.05, 0) is 38.6 Å².